The number of aromatic hydroxyl groups is 1. The molecule has 1 aromatic carbocycles. The molecule has 3 N–H and O–H groups in total. The first kappa shape index (κ1) is 12.4. The van der Waals surface area contributed by atoms with E-state index in [-0.39, 0.29) is 28.0 Å². The van der Waals surface area contributed by atoms with Crippen LogP contribution in [0.15, 0.2) is 23.4 Å². The molecule has 0 saturated heterocycles. The van der Waals surface area contributed by atoms with Crippen LogP contribution in [0.3, 0.4) is 0 Å². The summed E-state index contributed by atoms with van der Waals surface area (Å²) >= 11 is 0.899. The predicted molar refractivity (Wildman–Crippen MR) is 61.8 cm³/mol. The minimum Gasteiger partial charge on any atom is -0.507 e. The van der Waals surface area contributed by atoms with Crippen LogP contribution in [0.4, 0.5) is 4.39 Å². The maximum atomic E-state index is 13.5. The van der Waals surface area contributed by atoms with E-state index in [1.807, 2.05) is 0 Å². The lowest BCUT2D eigenvalue weighted by Crippen LogP contribution is -1.97. The number of hydrogen-bond acceptors (Lipinski definition) is 5. The fourth-order valence-corrected chi connectivity index (χ4v) is 1.81. The fourth-order valence-electron chi connectivity index (χ4n) is 1.30. The molecule has 0 saturated carbocycles. The molecule has 1 aromatic heterocycles. The number of aliphatic carboxylic acids is 1. The van der Waals surface area contributed by atoms with Gasteiger partial charge in [0.15, 0.2) is 5.82 Å². The molecule has 6 nitrogen and oxygen atoms in total. The number of nitrogens with zero attached hydrogens (tertiary/aromatic N) is 2. The van der Waals surface area contributed by atoms with E-state index < -0.39 is 11.8 Å². The van der Waals surface area contributed by atoms with E-state index in [1.54, 1.807) is 0 Å². The second-order valence-corrected chi connectivity index (χ2v) is 4.23. The van der Waals surface area contributed by atoms with Gasteiger partial charge in [-0.25, -0.2) is 9.37 Å². The van der Waals surface area contributed by atoms with Gasteiger partial charge < -0.3 is 10.2 Å². The van der Waals surface area contributed by atoms with Crippen molar-refractivity contribution in [3.8, 4) is 17.1 Å². The molecule has 0 aliphatic carbocycles. The molecule has 2 rings (SSSR count). The van der Waals surface area contributed by atoms with Gasteiger partial charge in [0, 0.05) is 0 Å². The number of benzene rings is 1. The first-order chi connectivity index (χ1) is 8.58. The summed E-state index contributed by atoms with van der Waals surface area (Å²) in [5, 5.41) is 24.4. The van der Waals surface area contributed by atoms with Crippen LogP contribution in [0, 0.1) is 5.82 Å². The van der Waals surface area contributed by atoms with Crippen molar-refractivity contribution in [1.29, 1.82) is 0 Å². The van der Waals surface area contributed by atoms with Gasteiger partial charge >= 0.3 is 5.97 Å². The van der Waals surface area contributed by atoms with Gasteiger partial charge in [-0.2, -0.15) is 0 Å². The van der Waals surface area contributed by atoms with Crippen molar-refractivity contribution in [1.82, 2.24) is 15.2 Å². The second kappa shape index (κ2) is 5.05. The molecule has 1 heterocycles. The normalized spacial score (nSPS) is 10.5. The number of phenolic OH excluding ortho intramolecular Hbond substituents is 1. The van der Waals surface area contributed by atoms with Gasteiger partial charge in [-0.05, 0) is 12.1 Å². The standard InChI is InChI=1S/C10H8FN3O3S/c11-5-2-1-3-6(15)8(5)9-12-10(14-13-9)18-4-7(16)17/h1-3,15H,4H2,(H,16,17)(H,12,13,14). The van der Waals surface area contributed by atoms with E-state index >= 15 is 0 Å². The van der Waals surface area contributed by atoms with Crippen molar-refractivity contribution in [3.63, 3.8) is 0 Å². The molecular formula is C10H8FN3O3S. The molecule has 18 heavy (non-hydrogen) atoms. The van der Waals surface area contributed by atoms with Crippen LogP contribution in [0.5, 0.6) is 5.75 Å². The maximum absolute atomic E-state index is 13.5. The summed E-state index contributed by atoms with van der Waals surface area (Å²) in [5.41, 5.74) is -0.0906. The Kier molecular flexibility index (Phi) is 3.47. The van der Waals surface area contributed by atoms with Gasteiger partial charge in [-0.3, -0.25) is 9.89 Å². The zero-order valence-corrected chi connectivity index (χ0v) is 9.74. The number of carboxylic acid groups (broad SMARTS) is 1. The Morgan fingerprint density at radius 1 is 1.50 bits per heavy atom. The summed E-state index contributed by atoms with van der Waals surface area (Å²) in [6.07, 6.45) is 0. The number of H-pyrrole nitrogens is 1. The Balaban J connectivity index is 2.27. The largest absolute Gasteiger partial charge is 0.507 e. The Morgan fingerprint density at radius 3 is 2.94 bits per heavy atom. The third-order valence-corrected chi connectivity index (χ3v) is 2.85. The predicted octanol–water partition coefficient (Wildman–Crippen LogP) is 1.49. The summed E-state index contributed by atoms with van der Waals surface area (Å²) < 4.78 is 13.5. The lowest BCUT2D eigenvalue weighted by molar-refractivity contribution is -0.133. The topological polar surface area (TPSA) is 99.1 Å². The number of hydrogen-bond donors (Lipinski definition) is 3. The highest BCUT2D eigenvalue weighted by molar-refractivity contribution is 7.99. The van der Waals surface area contributed by atoms with E-state index in [2.05, 4.69) is 15.2 Å². The highest BCUT2D eigenvalue weighted by Crippen LogP contribution is 2.29. The Bertz CT molecular complexity index is 567. The summed E-state index contributed by atoms with van der Waals surface area (Å²) in [7, 11) is 0. The van der Waals surface area contributed by atoms with Crippen LogP contribution >= 0.6 is 11.8 Å². The van der Waals surface area contributed by atoms with Crippen LogP contribution in [-0.4, -0.2) is 37.1 Å². The lowest BCUT2D eigenvalue weighted by atomic mass is 10.2. The van der Waals surface area contributed by atoms with Crippen molar-refractivity contribution in [2.24, 2.45) is 0 Å². The average molecular weight is 269 g/mol. The molecule has 8 heteroatoms. The lowest BCUT2D eigenvalue weighted by Gasteiger charge is -2.00. The summed E-state index contributed by atoms with van der Waals surface area (Å²) in [4.78, 5) is 14.3. The number of aromatic nitrogens is 3. The number of carboxylic acids is 1. The van der Waals surface area contributed by atoms with Crippen LogP contribution in [-0.2, 0) is 4.79 Å². The molecule has 0 aliphatic heterocycles. The third-order valence-electron chi connectivity index (χ3n) is 2.02. The Hall–Kier alpha value is -2.09. The molecular weight excluding hydrogens is 261 g/mol. The number of halogens is 1. The molecule has 0 radical (unpaired) electrons. The first-order valence-electron chi connectivity index (χ1n) is 4.83. The third kappa shape index (κ3) is 2.59. The number of carbonyl (C=O) groups is 1. The Morgan fingerprint density at radius 2 is 2.28 bits per heavy atom. The van der Waals surface area contributed by atoms with Crippen LogP contribution in [0.25, 0.3) is 11.4 Å². The molecule has 94 valence electrons. The zero-order chi connectivity index (χ0) is 13.1. The highest BCUT2D eigenvalue weighted by Gasteiger charge is 2.15. The van der Waals surface area contributed by atoms with E-state index in [4.69, 9.17) is 5.11 Å². The van der Waals surface area contributed by atoms with Crippen molar-refractivity contribution in [2.45, 2.75) is 5.16 Å². The number of nitrogens with one attached hydrogen (secondary N) is 1. The smallest absolute Gasteiger partial charge is 0.313 e. The molecule has 0 bridgehead atoms. The van der Waals surface area contributed by atoms with E-state index in [0.29, 0.717) is 0 Å². The summed E-state index contributed by atoms with van der Waals surface area (Å²) in [6, 6.07) is 3.87. The van der Waals surface area contributed by atoms with Crippen LogP contribution in [0.2, 0.25) is 0 Å². The fraction of sp³-hybridized carbons (Fsp3) is 0.100. The van der Waals surface area contributed by atoms with Crippen molar-refractivity contribution in [3.05, 3.63) is 24.0 Å². The van der Waals surface area contributed by atoms with Crippen molar-refractivity contribution >= 4 is 17.7 Å². The number of aromatic amines is 1. The molecule has 0 amide bonds. The summed E-state index contributed by atoms with van der Waals surface area (Å²) in [5.74, 6) is -2.04. The van der Waals surface area contributed by atoms with Gasteiger partial charge in [-0.15, -0.1) is 5.10 Å². The number of thioether (sulfide) groups is 1. The second-order valence-electron chi connectivity index (χ2n) is 3.28. The Labute approximate surface area is 105 Å². The molecule has 0 aliphatic rings. The number of rotatable bonds is 4. The van der Waals surface area contributed by atoms with Gasteiger partial charge in [-0.1, -0.05) is 17.8 Å². The maximum Gasteiger partial charge on any atom is 0.313 e. The quantitative estimate of drug-likeness (QED) is 0.727. The van der Waals surface area contributed by atoms with Crippen molar-refractivity contribution in [2.75, 3.05) is 5.75 Å². The van der Waals surface area contributed by atoms with Gasteiger partial charge in [0.2, 0.25) is 5.16 Å². The monoisotopic (exact) mass is 269 g/mol. The molecule has 0 fully saturated rings. The highest BCUT2D eigenvalue weighted by atomic mass is 32.2. The first-order valence-corrected chi connectivity index (χ1v) is 5.81. The summed E-state index contributed by atoms with van der Waals surface area (Å²) in [6.45, 7) is 0. The van der Waals surface area contributed by atoms with E-state index in [0.717, 1.165) is 11.8 Å². The zero-order valence-electron chi connectivity index (χ0n) is 8.92. The SMILES string of the molecule is O=C(O)CSc1n[nH]c(-c2c(O)cccc2F)n1. The van der Waals surface area contributed by atoms with Crippen LogP contribution < -0.4 is 0 Å². The number of phenols is 1. The van der Waals surface area contributed by atoms with Crippen molar-refractivity contribution < 1.29 is 19.4 Å². The average Bonchev–Trinajstić information content (AvgIpc) is 2.75. The molecule has 0 atom stereocenters. The van der Waals surface area contributed by atoms with Gasteiger partial charge in [0.1, 0.15) is 11.6 Å². The van der Waals surface area contributed by atoms with Crippen LogP contribution in [0.1, 0.15) is 0 Å². The molecule has 2 aromatic rings. The van der Waals surface area contributed by atoms with E-state index in [9.17, 15) is 14.3 Å². The minimum atomic E-state index is -1.000. The van der Waals surface area contributed by atoms with Gasteiger partial charge in [0.05, 0.1) is 11.3 Å². The van der Waals surface area contributed by atoms with Gasteiger partial charge in [0.25, 0.3) is 0 Å². The molecule has 0 unspecified atom stereocenters. The minimum absolute atomic E-state index is 0.0542. The van der Waals surface area contributed by atoms with E-state index in [1.165, 1.54) is 18.2 Å². The molecule has 0 spiro atoms.